The maximum atomic E-state index is 12.0. The largest absolute Gasteiger partial charge is 0.463 e. The van der Waals surface area contributed by atoms with E-state index in [1.54, 1.807) is 6.92 Å². The van der Waals surface area contributed by atoms with Gasteiger partial charge in [-0.2, -0.15) is 0 Å². The van der Waals surface area contributed by atoms with Crippen molar-refractivity contribution in [3.8, 4) is 0 Å². The zero-order chi connectivity index (χ0) is 19.8. The number of hydrogen-bond acceptors (Lipinski definition) is 6. The van der Waals surface area contributed by atoms with Crippen molar-refractivity contribution in [2.45, 2.75) is 51.7 Å². The van der Waals surface area contributed by atoms with Gasteiger partial charge in [0.2, 0.25) is 0 Å². The summed E-state index contributed by atoms with van der Waals surface area (Å²) in [4.78, 5) is 35.2. The van der Waals surface area contributed by atoms with Crippen LogP contribution in [0.2, 0.25) is 0 Å². The molecular weight excluding hydrogens is 348 g/mol. The Morgan fingerprint density at radius 2 is 2.00 bits per heavy atom. The van der Waals surface area contributed by atoms with E-state index in [2.05, 4.69) is 20.1 Å². The van der Waals surface area contributed by atoms with E-state index in [9.17, 15) is 14.4 Å². The summed E-state index contributed by atoms with van der Waals surface area (Å²) in [7, 11) is 0. The van der Waals surface area contributed by atoms with Gasteiger partial charge in [0.15, 0.2) is 0 Å². The number of carbonyl (C=O) groups excluding carboxylic acids is 3. The molecule has 0 unspecified atom stereocenters. The molecule has 2 saturated carbocycles. The lowest BCUT2D eigenvalue weighted by Gasteiger charge is -2.51. The molecule has 0 amide bonds. The predicted molar refractivity (Wildman–Crippen MR) is 97.4 cm³/mol. The standard InChI is InChI=1S/C21H26O6/c1-5-25-18(22)6-7-19(23)26-16-8-9-21(4)11-17-14(10-15(21)13(16)3)12(2)20(24)27-17/h6-7,14-17H,2-3,5,8-11H2,1,4H3/b7-6+/t14-,15+,16-,17-,21-/m1/s1. The van der Waals surface area contributed by atoms with Gasteiger partial charge in [-0.25, -0.2) is 14.4 Å². The second-order valence-electron chi connectivity index (χ2n) is 7.85. The molecule has 6 nitrogen and oxygen atoms in total. The van der Waals surface area contributed by atoms with Gasteiger partial charge in [-0.15, -0.1) is 0 Å². The first-order chi connectivity index (χ1) is 12.7. The summed E-state index contributed by atoms with van der Waals surface area (Å²) in [5.41, 5.74) is 1.37. The van der Waals surface area contributed by atoms with E-state index in [0.717, 1.165) is 37.0 Å². The number of esters is 3. The normalized spacial score (nSPS) is 35.4. The van der Waals surface area contributed by atoms with Crippen LogP contribution in [0.3, 0.4) is 0 Å². The third-order valence-corrected chi connectivity index (χ3v) is 6.15. The molecule has 0 spiro atoms. The van der Waals surface area contributed by atoms with Crippen LogP contribution in [0.25, 0.3) is 0 Å². The summed E-state index contributed by atoms with van der Waals surface area (Å²) in [5.74, 6) is -1.33. The number of hydrogen-bond donors (Lipinski definition) is 0. The van der Waals surface area contributed by atoms with E-state index in [4.69, 9.17) is 14.2 Å². The zero-order valence-corrected chi connectivity index (χ0v) is 15.9. The molecule has 3 aliphatic rings. The Balaban J connectivity index is 1.66. The third kappa shape index (κ3) is 3.70. The molecule has 0 radical (unpaired) electrons. The van der Waals surface area contributed by atoms with Gasteiger partial charge in [-0.3, -0.25) is 0 Å². The molecular formula is C21H26O6. The highest BCUT2D eigenvalue weighted by Crippen LogP contribution is 2.57. The zero-order valence-electron chi connectivity index (χ0n) is 15.9. The predicted octanol–water partition coefficient (Wildman–Crippen LogP) is 2.88. The molecule has 3 rings (SSSR count). The van der Waals surface area contributed by atoms with Crippen molar-refractivity contribution in [3.05, 3.63) is 36.5 Å². The Morgan fingerprint density at radius 1 is 1.30 bits per heavy atom. The maximum Gasteiger partial charge on any atom is 0.334 e. The van der Waals surface area contributed by atoms with Crippen LogP contribution < -0.4 is 0 Å². The highest BCUT2D eigenvalue weighted by Gasteiger charge is 2.54. The monoisotopic (exact) mass is 374 g/mol. The average molecular weight is 374 g/mol. The number of carbonyl (C=O) groups is 3. The summed E-state index contributed by atoms with van der Waals surface area (Å²) in [6, 6.07) is 0. The minimum absolute atomic E-state index is 0.00508. The SMILES string of the molecule is C=C1C(=O)O[C@@H]2C[C@@]3(C)CC[C@@H](OC(=O)/C=C/C(=O)OCC)C(=C)[C@@H]3C[C@H]12. The molecule has 1 heterocycles. The van der Waals surface area contributed by atoms with Crippen LogP contribution in [0, 0.1) is 17.3 Å². The number of fused-ring (bicyclic) bond motifs is 2. The van der Waals surface area contributed by atoms with Crippen LogP contribution in [-0.2, 0) is 28.6 Å². The van der Waals surface area contributed by atoms with Gasteiger partial charge in [0.1, 0.15) is 12.2 Å². The number of ether oxygens (including phenoxy) is 3. The van der Waals surface area contributed by atoms with Gasteiger partial charge in [-0.1, -0.05) is 20.1 Å². The summed E-state index contributed by atoms with van der Waals surface area (Å²) < 4.78 is 15.8. The molecule has 0 bridgehead atoms. The van der Waals surface area contributed by atoms with Gasteiger partial charge in [-0.05, 0) is 49.5 Å². The van der Waals surface area contributed by atoms with Crippen molar-refractivity contribution in [1.82, 2.24) is 0 Å². The van der Waals surface area contributed by atoms with Crippen LogP contribution in [0.5, 0.6) is 0 Å². The molecule has 27 heavy (non-hydrogen) atoms. The van der Waals surface area contributed by atoms with E-state index in [1.165, 1.54) is 0 Å². The lowest BCUT2D eigenvalue weighted by atomic mass is 9.55. The van der Waals surface area contributed by atoms with E-state index in [-0.39, 0.29) is 35.9 Å². The van der Waals surface area contributed by atoms with Gasteiger partial charge in [0.25, 0.3) is 0 Å². The fourth-order valence-corrected chi connectivity index (χ4v) is 4.68. The van der Waals surface area contributed by atoms with E-state index >= 15 is 0 Å². The van der Waals surface area contributed by atoms with E-state index < -0.39 is 18.0 Å². The molecule has 1 aliphatic heterocycles. The van der Waals surface area contributed by atoms with Gasteiger partial charge in [0, 0.05) is 23.6 Å². The van der Waals surface area contributed by atoms with Crippen LogP contribution in [0.1, 0.15) is 39.5 Å². The Labute approximate surface area is 159 Å². The second kappa shape index (κ2) is 7.33. The Bertz CT molecular complexity index is 720. The van der Waals surface area contributed by atoms with Gasteiger partial charge < -0.3 is 14.2 Å². The summed E-state index contributed by atoms with van der Waals surface area (Å²) in [5, 5.41) is 0. The summed E-state index contributed by atoms with van der Waals surface area (Å²) in [6.45, 7) is 12.2. The molecule has 0 N–H and O–H groups in total. The van der Waals surface area contributed by atoms with Crippen LogP contribution >= 0.6 is 0 Å². The Morgan fingerprint density at radius 3 is 2.70 bits per heavy atom. The van der Waals surface area contributed by atoms with Crippen molar-refractivity contribution in [2.24, 2.45) is 17.3 Å². The topological polar surface area (TPSA) is 78.9 Å². The van der Waals surface area contributed by atoms with Gasteiger partial charge >= 0.3 is 17.9 Å². The highest BCUT2D eigenvalue weighted by molar-refractivity contribution is 5.92. The minimum atomic E-state index is -0.588. The van der Waals surface area contributed by atoms with Crippen molar-refractivity contribution >= 4 is 17.9 Å². The quantitative estimate of drug-likeness (QED) is 0.326. The van der Waals surface area contributed by atoms with Crippen molar-refractivity contribution < 1.29 is 28.6 Å². The molecule has 5 atom stereocenters. The molecule has 0 aromatic rings. The fourth-order valence-electron chi connectivity index (χ4n) is 4.68. The van der Waals surface area contributed by atoms with Crippen LogP contribution in [-0.4, -0.2) is 36.7 Å². The summed E-state index contributed by atoms with van der Waals surface area (Å²) in [6.07, 6.45) is 4.67. The van der Waals surface area contributed by atoms with Crippen LogP contribution in [0.15, 0.2) is 36.5 Å². The average Bonchev–Trinajstić information content (AvgIpc) is 2.88. The van der Waals surface area contributed by atoms with Gasteiger partial charge in [0.05, 0.1) is 6.61 Å². The smallest absolute Gasteiger partial charge is 0.334 e. The first-order valence-corrected chi connectivity index (χ1v) is 9.39. The number of rotatable bonds is 4. The van der Waals surface area contributed by atoms with Crippen molar-refractivity contribution in [1.29, 1.82) is 0 Å². The molecule has 2 aliphatic carbocycles. The molecule has 6 heteroatoms. The molecule has 146 valence electrons. The lowest BCUT2D eigenvalue weighted by Crippen LogP contribution is -2.47. The van der Waals surface area contributed by atoms with E-state index in [1.807, 2.05) is 0 Å². The Hall–Kier alpha value is -2.37. The maximum absolute atomic E-state index is 12.0. The first kappa shape index (κ1) is 19.4. The molecule has 3 fully saturated rings. The van der Waals surface area contributed by atoms with Crippen LogP contribution in [0.4, 0.5) is 0 Å². The molecule has 0 aromatic carbocycles. The van der Waals surface area contributed by atoms with E-state index in [0.29, 0.717) is 12.0 Å². The van der Waals surface area contributed by atoms with Crippen molar-refractivity contribution in [3.63, 3.8) is 0 Å². The fraction of sp³-hybridized carbons (Fsp3) is 0.571. The molecule has 1 saturated heterocycles. The second-order valence-corrected chi connectivity index (χ2v) is 7.85. The van der Waals surface area contributed by atoms with Crippen molar-refractivity contribution in [2.75, 3.05) is 6.61 Å². The first-order valence-electron chi connectivity index (χ1n) is 9.39. The Kier molecular flexibility index (Phi) is 5.27. The molecule has 0 aromatic heterocycles. The summed E-state index contributed by atoms with van der Waals surface area (Å²) >= 11 is 0. The lowest BCUT2D eigenvalue weighted by molar-refractivity contribution is -0.148. The highest BCUT2D eigenvalue weighted by atomic mass is 16.6. The third-order valence-electron chi connectivity index (χ3n) is 6.15. The minimum Gasteiger partial charge on any atom is -0.463 e.